The summed E-state index contributed by atoms with van der Waals surface area (Å²) in [4.78, 5) is 25.5. The molecule has 0 atom stereocenters. The van der Waals surface area contributed by atoms with Crippen molar-refractivity contribution in [2.45, 2.75) is 102 Å². The molecule has 4 bridgehead atoms. The summed E-state index contributed by atoms with van der Waals surface area (Å²) in [6.45, 7) is 9.45. The fraction of sp³-hybridized carbons (Fsp3) is 0.588. The SMILES string of the molecule is CCOc1ccc(-c2cccc(N(CC34CCC(c5noc(C(C)(C)C)n5)(CC3)CC4)C(=O)C34CC(F)(C3)C4)c2)cn1. The zero-order valence-corrected chi connectivity index (χ0v) is 25.2. The Hall–Kier alpha value is -3.29. The number of hydrogen-bond donors (Lipinski definition) is 0. The normalized spacial score (nSPS) is 31.3. The van der Waals surface area contributed by atoms with E-state index in [2.05, 4.69) is 37.0 Å². The molecule has 42 heavy (non-hydrogen) atoms. The Morgan fingerprint density at radius 3 is 2.31 bits per heavy atom. The second kappa shape index (κ2) is 9.35. The Morgan fingerprint density at radius 1 is 1.02 bits per heavy atom. The quantitative estimate of drug-likeness (QED) is 0.281. The lowest BCUT2D eigenvalue weighted by molar-refractivity contribution is -0.211. The number of hydrogen-bond acceptors (Lipinski definition) is 6. The first-order valence-electron chi connectivity index (χ1n) is 15.5. The zero-order chi connectivity index (χ0) is 29.4. The first-order valence-corrected chi connectivity index (χ1v) is 15.5. The molecule has 7 nitrogen and oxygen atoms in total. The molecular formula is C34H41FN4O3. The topological polar surface area (TPSA) is 81.4 Å². The van der Waals surface area contributed by atoms with Crippen molar-refractivity contribution in [2.24, 2.45) is 10.8 Å². The zero-order valence-electron chi connectivity index (χ0n) is 25.2. The van der Waals surface area contributed by atoms with Crippen LogP contribution < -0.4 is 9.64 Å². The Kier molecular flexibility index (Phi) is 6.13. The van der Waals surface area contributed by atoms with Gasteiger partial charge in [0.15, 0.2) is 5.82 Å². The average Bonchev–Trinajstić information content (AvgIpc) is 3.48. The summed E-state index contributed by atoms with van der Waals surface area (Å²) in [5.74, 6) is 2.23. The van der Waals surface area contributed by atoms with Crippen LogP contribution in [0, 0.1) is 10.8 Å². The van der Waals surface area contributed by atoms with Crippen LogP contribution in [0.5, 0.6) is 5.88 Å². The number of nitrogens with zero attached hydrogens (tertiary/aromatic N) is 4. The third-order valence-corrected chi connectivity index (χ3v) is 10.6. The number of ether oxygens (including phenoxy) is 1. The number of amides is 1. The summed E-state index contributed by atoms with van der Waals surface area (Å²) in [5, 5.41) is 4.45. The van der Waals surface area contributed by atoms with Gasteiger partial charge in [-0.25, -0.2) is 9.37 Å². The van der Waals surface area contributed by atoms with Gasteiger partial charge in [-0.05, 0) is 93.9 Å². The molecule has 8 heteroatoms. The van der Waals surface area contributed by atoms with E-state index in [1.165, 1.54) is 0 Å². The van der Waals surface area contributed by atoms with E-state index < -0.39 is 11.1 Å². The smallest absolute Gasteiger partial charge is 0.233 e. The van der Waals surface area contributed by atoms with Crippen molar-refractivity contribution < 1.29 is 18.4 Å². The number of carbonyl (C=O) groups is 1. The predicted molar refractivity (Wildman–Crippen MR) is 158 cm³/mol. The average molecular weight is 573 g/mol. The molecule has 0 aliphatic heterocycles. The molecule has 0 radical (unpaired) electrons. The first-order chi connectivity index (χ1) is 20.0. The lowest BCUT2D eigenvalue weighted by Crippen LogP contribution is -2.71. The molecule has 6 saturated carbocycles. The van der Waals surface area contributed by atoms with Crippen LogP contribution in [-0.2, 0) is 15.6 Å². The summed E-state index contributed by atoms with van der Waals surface area (Å²) in [7, 11) is 0. The minimum atomic E-state index is -1.12. The van der Waals surface area contributed by atoms with Crippen LogP contribution in [0.1, 0.15) is 97.2 Å². The summed E-state index contributed by atoms with van der Waals surface area (Å²) >= 11 is 0. The van der Waals surface area contributed by atoms with E-state index in [0.29, 0.717) is 44.2 Å². The number of anilines is 1. The minimum absolute atomic E-state index is 0.0294. The highest BCUT2D eigenvalue weighted by molar-refractivity contribution is 6.00. The van der Waals surface area contributed by atoms with Crippen molar-refractivity contribution in [3.05, 3.63) is 54.3 Å². The summed E-state index contributed by atoms with van der Waals surface area (Å²) < 4.78 is 25.8. The maximum atomic E-state index is 14.6. The lowest BCUT2D eigenvalue weighted by Gasteiger charge is -2.65. The van der Waals surface area contributed by atoms with Crippen LogP contribution in [0.25, 0.3) is 11.1 Å². The van der Waals surface area contributed by atoms with Gasteiger partial charge in [-0.2, -0.15) is 4.98 Å². The van der Waals surface area contributed by atoms with Gasteiger partial charge in [0.05, 0.1) is 12.0 Å². The van der Waals surface area contributed by atoms with Crippen molar-refractivity contribution in [2.75, 3.05) is 18.1 Å². The molecule has 6 aliphatic rings. The molecule has 6 fully saturated rings. The molecule has 0 spiro atoms. The van der Waals surface area contributed by atoms with Gasteiger partial charge in [-0.3, -0.25) is 4.79 Å². The molecule has 6 aliphatic carbocycles. The first kappa shape index (κ1) is 27.5. The lowest BCUT2D eigenvalue weighted by atomic mass is 9.41. The van der Waals surface area contributed by atoms with Gasteiger partial charge in [-0.15, -0.1) is 0 Å². The van der Waals surface area contributed by atoms with Crippen molar-refractivity contribution in [3.63, 3.8) is 0 Å². The van der Waals surface area contributed by atoms with Crippen molar-refractivity contribution in [1.82, 2.24) is 15.1 Å². The summed E-state index contributed by atoms with van der Waals surface area (Å²) in [5.41, 5.74) is 0.995. The molecule has 3 aromatic rings. The van der Waals surface area contributed by atoms with Crippen LogP contribution in [0.4, 0.5) is 10.1 Å². The Bertz CT molecular complexity index is 1460. The van der Waals surface area contributed by atoms with E-state index in [1.54, 1.807) is 0 Å². The van der Waals surface area contributed by atoms with Gasteiger partial charge in [0.1, 0.15) is 5.67 Å². The van der Waals surface area contributed by atoms with Gasteiger partial charge in [-0.1, -0.05) is 38.1 Å². The highest BCUT2D eigenvalue weighted by Crippen LogP contribution is 2.70. The molecule has 0 N–H and O–H groups in total. The summed E-state index contributed by atoms with van der Waals surface area (Å²) in [6.07, 6.45) is 8.92. The number of benzene rings is 1. The van der Waals surface area contributed by atoms with E-state index in [1.807, 2.05) is 48.4 Å². The molecule has 1 amide bonds. The Balaban J connectivity index is 1.15. The van der Waals surface area contributed by atoms with E-state index >= 15 is 0 Å². The van der Waals surface area contributed by atoms with Gasteiger partial charge in [0.2, 0.25) is 17.7 Å². The maximum absolute atomic E-state index is 14.6. The maximum Gasteiger partial charge on any atom is 0.233 e. The highest BCUT2D eigenvalue weighted by Gasteiger charge is 2.73. The van der Waals surface area contributed by atoms with Crippen LogP contribution in [0.15, 0.2) is 47.1 Å². The Labute approximate surface area is 247 Å². The van der Waals surface area contributed by atoms with Crippen molar-refractivity contribution >= 4 is 11.6 Å². The molecule has 2 aromatic heterocycles. The fourth-order valence-electron chi connectivity index (χ4n) is 8.01. The van der Waals surface area contributed by atoms with Crippen molar-refractivity contribution in [3.8, 4) is 17.0 Å². The molecular weight excluding hydrogens is 531 g/mol. The van der Waals surface area contributed by atoms with Crippen LogP contribution >= 0.6 is 0 Å². The molecule has 0 unspecified atom stereocenters. The van der Waals surface area contributed by atoms with E-state index in [0.717, 1.165) is 61.2 Å². The van der Waals surface area contributed by atoms with Gasteiger partial charge in [0.25, 0.3) is 0 Å². The number of alkyl halides is 1. The fourth-order valence-corrected chi connectivity index (χ4v) is 8.01. The van der Waals surface area contributed by atoms with E-state index in [4.69, 9.17) is 14.2 Å². The molecule has 222 valence electrons. The van der Waals surface area contributed by atoms with Gasteiger partial charge in [0, 0.05) is 40.9 Å². The number of fused-ring (bicyclic) bond motifs is 3. The van der Waals surface area contributed by atoms with Crippen LogP contribution in [0.3, 0.4) is 0 Å². The standard InChI is InChI=1S/C34H41FN4O3/c1-5-41-26-10-9-24(18-36-26)23-7-6-8-25(17-23)39(29(40)33-19-34(35,20-33)21-33)22-31-11-14-32(15-12-31,16-13-31)27-37-28(42-38-27)30(2,3)4/h6-10,17-18H,5,11-16,19-22H2,1-4H3. The van der Waals surface area contributed by atoms with Gasteiger partial charge >= 0.3 is 0 Å². The number of rotatable bonds is 8. The van der Waals surface area contributed by atoms with E-state index in [9.17, 15) is 9.18 Å². The third kappa shape index (κ3) is 4.44. The molecule has 9 rings (SSSR count). The monoisotopic (exact) mass is 572 g/mol. The van der Waals surface area contributed by atoms with E-state index in [-0.39, 0.29) is 22.2 Å². The molecule has 1 aromatic carbocycles. The third-order valence-electron chi connectivity index (χ3n) is 10.6. The Morgan fingerprint density at radius 2 is 1.74 bits per heavy atom. The minimum Gasteiger partial charge on any atom is -0.478 e. The largest absolute Gasteiger partial charge is 0.478 e. The van der Waals surface area contributed by atoms with Crippen LogP contribution in [-0.4, -0.2) is 39.9 Å². The van der Waals surface area contributed by atoms with Gasteiger partial charge < -0.3 is 14.2 Å². The second-order valence-corrected chi connectivity index (χ2v) is 14.7. The van der Waals surface area contributed by atoms with Crippen LogP contribution in [0.2, 0.25) is 0 Å². The number of halogens is 1. The number of carbonyl (C=O) groups excluding carboxylic acids is 1. The van der Waals surface area contributed by atoms with Crippen molar-refractivity contribution in [1.29, 1.82) is 0 Å². The highest BCUT2D eigenvalue weighted by atomic mass is 19.1. The number of aromatic nitrogens is 3. The number of pyridine rings is 1. The predicted octanol–water partition coefficient (Wildman–Crippen LogP) is 7.35. The second-order valence-electron chi connectivity index (χ2n) is 14.7. The summed E-state index contributed by atoms with van der Waals surface area (Å²) in [6, 6.07) is 12.0. The molecule has 0 saturated heterocycles. The molecule has 2 heterocycles.